The molecule has 5 nitrogen and oxygen atoms in total. The topological polar surface area (TPSA) is 70.7 Å². The zero-order valence-electron chi connectivity index (χ0n) is 11.9. The third-order valence-electron chi connectivity index (χ3n) is 3.45. The van der Waals surface area contributed by atoms with Gasteiger partial charge in [0.1, 0.15) is 6.54 Å². The fourth-order valence-corrected chi connectivity index (χ4v) is 2.28. The van der Waals surface area contributed by atoms with Gasteiger partial charge in [0.25, 0.3) is 0 Å². The fourth-order valence-electron chi connectivity index (χ4n) is 2.28. The quantitative estimate of drug-likeness (QED) is 0.647. The summed E-state index contributed by atoms with van der Waals surface area (Å²) in [6.45, 7) is 3.91. The van der Waals surface area contributed by atoms with Crippen molar-refractivity contribution < 1.29 is 4.79 Å². The minimum atomic E-state index is 0.0505. The molecule has 1 aliphatic rings. The zero-order valence-corrected chi connectivity index (χ0v) is 11.9. The number of nitrogens with one attached hydrogen (secondary N) is 1. The fraction of sp³-hybridized carbons (Fsp3) is 0.467. The molecule has 1 aromatic rings. The molecule has 1 amide bonds. The van der Waals surface area contributed by atoms with Crippen molar-refractivity contribution in [1.29, 1.82) is 0 Å². The SMILES string of the molecule is CCc1cccc(NC(N)=NCC(=O)N2CCCC2)c1. The van der Waals surface area contributed by atoms with E-state index in [1.54, 1.807) is 0 Å². The Bertz CT molecular complexity index is 492. The number of nitrogens with two attached hydrogens (primary N) is 1. The summed E-state index contributed by atoms with van der Waals surface area (Å²) in [7, 11) is 0. The zero-order chi connectivity index (χ0) is 14.4. The number of nitrogens with zero attached hydrogens (tertiary/aromatic N) is 2. The third-order valence-corrected chi connectivity index (χ3v) is 3.45. The van der Waals surface area contributed by atoms with Crippen LogP contribution in [-0.2, 0) is 11.2 Å². The highest BCUT2D eigenvalue weighted by atomic mass is 16.2. The molecule has 1 saturated heterocycles. The molecule has 0 bridgehead atoms. The van der Waals surface area contributed by atoms with Gasteiger partial charge >= 0.3 is 0 Å². The first kappa shape index (κ1) is 14.4. The first-order valence-corrected chi connectivity index (χ1v) is 7.12. The Morgan fingerprint density at radius 3 is 2.85 bits per heavy atom. The largest absolute Gasteiger partial charge is 0.370 e. The predicted molar refractivity (Wildman–Crippen MR) is 81.7 cm³/mol. The van der Waals surface area contributed by atoms with Crippen molar-refractivity contribution in [2.75, 3.05) is 25.0 Å². The molecule has 108 valence electrons. The molecule has 0 aromatic heterocycles. The number of carbonyl (C=O) groups excluding carboxylic acids is 1. The van der Waals surface area contributed by atoms with Crippen LogP contribution >= 0.6 is 0 Å². The molecule has 2 rings (SSSR count). The number of likely N-dealkylation sites (tertiary alicyclic amines) is 1. The number of benzene rings is 1. The second-order valence-electron chi connectivity index (χ2n) is 4.97. The lowest BCUT2D eigenvalue weighted by atomic mass is 10.1. The summed E-state index contributed by atoms with van der Waals surface area (Å²) in [5.41, 5.74) is 7.95. The maximum absolute atomic E-state index is 11.8. The van der Waals surface area contributed by atoms with Gasteiger partial charge in [-0.15, -0.1) is 0 Å². The average Bonchev–Trinajstić information content (AvgIpc) is 2.99. The number of anilines is 1. The minimum absolute atomic E-state index is 0.0505. The Labute approximate surface area is 119 Å². The second-order valence-corrected chi connectivity index (χ2v) is 4.97. The van der Waals surface area contributed by atoms with Gasteiger partial charge in [-0.3, -0.25) is 4.79 Å². The first-order valence-electron chi connectivity index (χ1n) is 7.12. The van der Waals surface area contributed by atoms with Gasteiger partial charge in [-0.2, -0.15) is 0 Å². The normalized spacial score (nSPS) is 15.4. The van der Waals surface area contributed by atoms with E-state index in [9.17, 15) is 4.79 Å². The minimum Gasteiger partial charge on any atom is -0.370 e. The van der Waals surface area contributed by atoms with Gasteiger partial charge in [-0.1, -0.05) is 19.1 Å². The standard InChI is InChI=1S/C15H22N4O/c1-2-12-6-5-7-13(10-12)18-15(16)17-11-14(20)19-8-3-4-9-19/h5-7,10H,2-4,8-9,11H2,1H3,(H3,16,17,18). The van der Waals surface area contributed by atoms with Gasteiger partial charge in [-0.05, 0) is 37.0 Å². The van der Waals surface area contributed by atoms with Crippen LogP contribution in [-0.4, -0.2) is 36.4 Å². The third kappa shape index (κ3) is 3.98. The summed E-state index contributed by atoms with van der Waals surface area (Å²) in [6, 6.07) is 8.01. The summed E-state index contributed by atoms with van der Waals surface area (Å²) in [5.74, 6) is 0.334. The maximum Gasteiger partial charge on any atom is 0.244 e. The van der Waals surface area contributed by atoms with Crippen molar-refractivity contribution >= 4 is 17.6 Å². The number of aryl methyl sites for hydroxylation is 1. The van der Waals surface area contributed by atoms with E-state index in [0.29, 0.717) is 0 Å². The predicted octanol–water partition coefficient (Wildman–Crippen LogP) is 1.60. The van der Waals surface area contributed by atoms with Gasteiger partial charge in [0.15, 0.2) is 5.96 Å². The van der Waals surface area contributed by atoms with Crippen LogP contribution in [0.25, 0.3) is 0 Å². The average molecular weight is 274 g/mol. The van der Waals surface area contributed by atoms with E-state index in [0.717, 1.165) is 38.0 Å². The van der Waals surface area contributed by atoms with Crippen LogP contribution in [0.15, 0.2) is 29.3 Å². The van der Waals surface area contributed by atoms with Gasteiger partial charge < -0.3 is 16.0 Å². The molecular formula is C15H22N4O. The Balaban J connectivity index is 1.88. The molecule has 0 atom stereocenters. The Morgan fingerprint density at radius 2 is 2.15 bits per heavy atom. The van der Waals surface area contributed by atoms with E-state index >= 15 is 0 Å². The summed E-state index contributed by atoms with van der Waals surface area (Å²) in [6.07, 6.45) is 3.15. The first-order chi connectivity index (χ1) is 9.69. The van der Waals surface area contributed by atoms with Gasteiger partial charge in [-0.25, -0.2) is 4.99 Å². The molecule has 0 spiro atoms. The van der Waals surface area contributed by atoms with Gasteiger partial charge in [0.2, 0.25) is 5.91 Å². The molecule has 3 N–H and O–H groups in total. The van der Waals surface area contributed by atoms with Crippen molar-refractivity contribution in [3.05, 3.63) is 29.8 Å². The summed E-state index contributed by atoms with van der Waals surface area (Å²) >= 11 is 0. The van der Waals surface area contributed by atoms with Crippen molar-refractivity contribution in [1.82, 2.24) is 4.90 Å². The summed E-state index contributed by atoms with van der Waals surface area (Å²) in [5, 5.41) is 3.02. The maximum atomic E-state index is 11.8. The van der Waals surface area contributed by atoms with E-state index < -0.39 is 0 Å². The van der Waals surface area contributed by atoms with E-state index in [-0.39, 0.29) is 18.4 Å². The smallest absolute Gasteiger partial charge is 0.244 e. The highest BCUT2D eigenvalue weighted by Crippen LogP contribution is 2.11. The van der Waals surface area contributed by atoms with E-state index in [1.807, 2.05) is 23.1 Å². The van der Waals surface area contributed by atoms with Crippen molar-refractivity contribution in [2.45, 2.75) is 26.2 Å². The molecule has 1 aromatic carbocycles. The van der Waals surface area contributed by atoms with E-state index in [4.69, 9.17) is 5.73 Å². The molecule has 0 saturated carbocycles. The number of carbonyl (C=O) groups is 1. The highest BCUT2D eigenvalue weighted by molar-refractivity contribution is 5.93. The molecular weight excluding hydrogens is 252 g/mol. The lowest BCUT2D eigenvalue weighted by Gasteiger charge is -2.13. The van der Waals surface area contributed by atoms with E-state index in [2.05, 4.69) is 23.3 Å². The number of amides is 1. The van der Waals surface area contributed by atoms with Crippen LogP contribution in [0.1, 0.15) is 25.3 Å². The van der Waals surface area contributed by atoms with Crippen molar-refractivity contribution in [2.24, 2.45) is 10.7 Å². The Hall–Kier alpha value is -2.04. The molecule has 0 radical (unpaired) electrons. The van der Waals surface area contributed by atoms with Crippen LogP contribution in [0.2, 0.25) is 0 Å². The van der Waals surface area contributed by atoms with E-state index in [1.165, 1.54) is 5.56 Å². The van der Waals surface area contributed by atoms with Crippen LogP contribution in [0.5, 0.6) is 0 Å². The summed E-state index contributed by atoms with van der Waals surface area (Å²) < 4.78 is 0. The number of hydrogen-bond acceptors (Lipinski definition) is 2. The number of aliphatic imine (C=N–C) groups is 1. The van der Waals surface area contributed by atoms with Gasteiger partial charge in [0, 0.05) is 18.8 Å². The summed E-state index contributed by atoms with van der Waals surface area (Å²) in [4.78, 5) is 17.8. The molecule has 0 unspecified atom stereocenters. The van der Waals surface area contributed by atoms with Crippen LogP contribution in [0.4, 0.5) is 5.69 Å². The number of rotatable bonds is 4. The molecule has 0 aliphatic carbocycles. The monoisotopic (exact) mass is 274 g/mol. The van der Waals surface area contributed by atoms with Crippen LogP contribution in [0, 0.1) is 0 Å². The van der Waals surface area contributed by atoms with Crippen molar-refractivity contribution in [3.63, 3.8) is 0 Å². The Morgan fingerprint density at radius 1 is 1.40 bits per heavy atom. The molecule has 1 heterocycles. The van der Waals surface area contributed by atoms with Crippen molar-refractivity contribution in [3.8, 4) is 0 Å². The Kier molecular flexibility index (Phi) is 4.98. The molecule has 1 fully saturated rings. The molecule has 20 heavy (non-hydrogen) atoms. The van der Waals surface area contributed by atoms with Crippen LogP contribution < -0.4 is 11.1 Å². The number of hydrogen-bond donors (Lipinski definition) is 2. The van der Waals surface area contributed by atoms with Gasteiger partial charge in [0.05, 0.1) is 0 Å². The molecule has 1 aliphatic heterocycles. The highest BCUT2D eigenvalue weighted by Gasteiger charge is 2.16. The number of guanidine groups is 1. The second kappa shape index (κ2) is 6.93. The lowest BCUT2D eigenvalue weighted by molar-refractivity contribution is -0.128. The lowest BCUT2D eigenvalue weighted by Crippen LogP contribution is -2.31. The van der Waals surface area contributed by atoms with Crippen LogP contribution in [0.3, 0.4) is 0 Å². The molecule has 5 heteroatoms.